The highest BCUT2D eigenvalue weighted by Crippen LogP contribution is 2.43. The van der Waals surface area contributed by atoms with Gasteiger partial charge in [-0.05, 0) is 23.6 Å². The number of fused-ring (bicyclic) bond motifs is 1. The van der Waals surface area contributed by atoms with Crippen molar-refractivity contribution < 1.29 is 18.7 Å². The summed E-state index contributed by atoms with van der Waals surface area (Å²) in [5, 5.41) is 0. The van der Waals surface area contributed by atoms with Crippen LogP contribution in [0.1, 0.15) is 28.9 Å². The maximum absolute atomic E-state index is 14.3. The third kappa shape index (κ3) is 2.15. The molecule has 2 aromatic carbocycles. The molecule has 118 valence electrons. The normalized spacial score (nSPS) is 21.9. The Bertz CT molecular complexity index is 762. The second kappa shape index (κ2) is 5.26. The minimum absolute atomic E-state index is 0.0115. The van der Waals surface area contributed by atoms with Crippen molar-refractivity contribution in [1.29, 1.82) is 0 Å². The highest BCUT2D eigenvalue weighted by molar-refractivity contribution is 5.99. The number of halogens is 1. The number of likely N-dealkylation sites (tertiary alicyclic amines) is 1. The third-order valence-corrected chi connectivity index (χ3v) is 4.46. The standard InChI is InChI=1S/C18H16FNO3/c1-11-9-20(16(11)12-5-3-2-4-6-12)18(21)15-13(19)7-8-14-17(15)23-10-22-14/h2-8,11,16H,9-10H2,1H3. The second-order valence-corrected chi connectivity index (χ2v) is 5.95. The van der Waals surface area contributed by atoms with E-state index in [1.165, 1.54) is 12.1 Å². The van der Waals surface area contributed by atoms with E-state index in [1.54, 1.807) is 4.90 Å². The SMILES string of the molecule is CC1CN(C(=O)c2c(F)ccc3c2OCO3)C1c1ccccc1. The van der Waals surface area contributed by atoms with Crippen molar-refractivity contribution in [2.45, 2.75) is 13.0 Å². The van der Waals surface area contributed by atoms with Gasteiger partial charge in [0.25, 0.3) is 5.91 Å². The van der Waals surface area contributed by atoms with Gasteiger partial charge in [-0.25, -0.2) is 4.39 Å². The molecule has 4 rings (SSSR count). The predicted molar refractivity (Wildman–Crippen MR) is 81.9 cm³/mol. The molecule has 23 heavy (non-hydrogen) atoms. The molecular weight excluding hydrogens is 297 g/mol. The Kier molecular flexibility index (Phi) is 3.22. The van der Waals surface area contributed by atoms with Crippen LogP contribution in [0, 0.1) is 11.7 Å². The molecule has 2 aliphatic heterocycles. The molecule has 0 bridgehead atoms. The zero-order chi connectivity index (χ0) is 16.0. The number of ether oxygens (including phenoxy) is 2. The van der Waals surface area contributed by atoms with Gasteiger partial charge in [-0.3, -0.25) is 4.79 Å². The lowest BCUT2D eigenvalue weighted by Gasteiger charge is -2.47. The van der Waals surface area contributed by atoms with Crippen LogP contribution in [0.25, 0.3) is 0 Å². The molecule has 0 aromatic heterocycles. The molecule has 1 amide bonds. The minimum atomic E-state index is -0.578. The minimum Gasteiger partial charge on any atom is -0.454 e. The zero-order valence-corrected chi connectivity index (χ0v) is 12.7. The summed E-state index contributed by atoms with van der Waals surface area (Å²) in [5.74, 6) is 0.0294. The Balaban J connectivity index is 1.69. The van der Waals surface area contributed by atoms with Crippen molar-refractivity contribution in [2.75, 3.05) is 13.3 Å². The van der Waals surface area contributed by atoms with Crippen molar-refractivity contribution in [3.63, 3.8) is 0 Å². The highest BCUT2D eigenvalue weighted by atomic mass is 19.1. The first kappa shape index (κ1) is 14.1. The van der Waals surface area contributed by atoms with Crippen molar-refractivity contribution in [2.24, 2.45) is 5.92 Å². The van der Waals surface area contributed by atoms with Gasteiger partial charge in [0.2, 0.25) is 6.79 Å². The fraction of sp³-hybridized carbons (Fsp3) is 0.278. The van der Waals surface area contributed by atoms with E-state index in [0.717, 1.165) is 5.56 Å². The van der Waals surface area contributed by atoms with E-state index >= 15 is 0 Å². The lowest BCUT2D eigenvalue weighted by molar-refractivity contribution is 0.0190. The van der Waals surface area contributed by atoms with Crippen LogP contribution in [0.15, 0.2) is 42.5 Å². The molecular formula is C18H16FNO3. The number of rotatable bonds is 2. The van der Waals surface area contributed by atoms with Gasteiger partial charge >= 0.3 is 0 Å². The Morgan fingerprint density at radius 3 is 2.70 bits per heavy atom. The largest absolute Gasteiger partial charge is 0.454 e. The van der Waals surface area contributed by atoms with Gasteiger partial charge in [-0.1, -0.05) is 37.3 Å². The first-order chi connectivity index (χ1) is 11.2. The van der Waals surface area contributed by atoms with E-state index in [2.05, 4.69) is 6.92 Å². The average molecular weight is 313 g/mol. The molecule has 2 unspecified atom stereocenters. The summed E-state index contributed by atoms with van der Waals surface area (Å²) >= 11 is 0. The van der Waals surface area contributed by atoms with Crippen LogP contribution >= 0.6 is 0 Å². The third-order valence-electron chi connectivity index (χ3n) is 4.46. The molecule has 0 aliphatic carbocycles. The zero-order valence-electron chi connectivity index (χ0n) is 12.7. The Hall–Kier alpha value is -2.56. The van der Waals surface area contributed by atoms with Gasteiger partial charge in [0, 0.05) is 6.54 Å². The fourth-order valence-electron chi connectivity index (χ4n) is 3.35. The van der Waals surface area contributed by atoms with E-state index in [1.807, 2.05) is 30.3 Å². The molecule has 0 N–H and O–H groups in total. The molecule has 2 aromatic rings. The molecule has 1 saturated heterocycles. The Labute approximate surface area is 133 Å². The maximum atomic E-state index is 14.3. The lowest BCUT2D eigenvalue weighted by Crippen LogP contribution is -2.51. The summed E-state index contributed by atoms with van der Waals surface area (Å²) in [5.41, 5.74) is 1.03. The molecule has 2 heterocycles. The van der Waals surface area contributed by atoms with Crippen LogP contribution in [0.3, 0.4) is 0 Å². The van der Waals surface area contributed by atoms with Gasteiger partial charge in [0.1, 0.15) is 11.4 Å². The van der Waals surface area contributed by atoms with Gasteiger partial charge in [0.05, 0.1) is 6.04 Å². The monoisotopic (exact) mass is 313 g/mol. The average Bonchev–Trinajstić information content (AvgIpc) is 3.01. The summed E-state index contributed by atoms with van der Waals surface area (Å²) in [4.78, 5) is 14.6. The quantitative estimate of drug-likeness (QED) is 0.853. The molecule has 5 heteroatoms. The number of benzene rings is 2. The Morgan fingerprint density at radius 2 is 1.96 bits per heavy atom. The number of hydrogen-bond donors (Lipinski definition) is 0. The molecule has 0 spiro atoms. The summed E-state index contributed by atoms with van der Waals surface area (Å²) < 4.78 is 24.8. The van der Waals surface area contributed by atoms with Crippen LogP contribution in [-0.4, -0.2) is 24.1 Å². The number of carbonyl (C=O) groups is 1. The molecule has 4 nitrogen and oxygen atoms in total. The molecule has 2 atom stereocenters. The van der Waals surface area contributed by atoms with E-state index in [0.29, 0.717) is 18.2 Å². The maximum Gasteiger partial charge on any atom is 0.261 e. The van der Waals surface area contributed by atoms with Gasteiger partial charge < -0.3 is 14.4 Å². The van der Waals surface area contributed by atoms with E-state index in [9.17, 15) is 9.18 Å². The first-order valence-corrected chi connectivity index (χ1v) is 7.61. The predicted octanol–water partition coefficient (Wildman–Crippen LogP) is 3.39. The van der Waals surface area contributed by atoms with Crippen LogP contribution in [0.5, 0.6) is 11.5 Å². The lowest BCUT2D eigenvalue weighted by atomic mass is 9.84. The number of hydrogen-bond acceptors (Lipinski definition) is 3. The molecule has 1 fully saturated rings. The second-order valence-electron chi connectivity index (χ2n) is 5.95. The summed E-state index contributed by atoms with van der Waals surface area (Å²) in [6, 6.07) is 12.5. The fourth-order valence-corrected chi connectivity index (χ4v) is 3.35. The molecule has 0 radical (unpaired) electrons. The van der Waals surface area contributed by atoms with Crippen molar-refractivity contribution >= 4 is 5.91 Å². The smallest absolute Gasteiger partial charge is 0.261 e. The summed E-state index contributed by atoms with van der Waals surface area (Å²) in [6.07, 6.45) is 0. The first-order valence-electron chi connectivity index (χ1n) is 7.61. The van der Waals surface area contributed by atoms with Crippen LogP contribution in [-0.2, 0) is 0 Å². The van der Waals surface area contributed by atoms with E-state index in [4.69, 9.17) is 9.47 Å². The number of amides is 1. The van der Waals surface area contributed by atoms with Crippen LogP contribution < -0.4 is 9.47 Å². The molecule has 0 saturated carbocycles. The Morgan fingerprint density at radius 1 is 1.17 bits per heavy atom. The van der Waals surface area contributed by atoms with Crippen molar-refractivity contribution in [3.8, 4) is 11.5 Å². The van der Waals surface area contributed by atoms with Crippen molar-refractivity contribution in [1.82, 2.24) is 4.90 Å². The van der Waals surface area contributed by atoms with Gasteiger partial charge in [-0.15, -0.1) is 0 Å². The number of carbonyl (C=O) groups excluding carboxylic acids is 1. The topological polar surface area (TPSA) is 38.8 Å². The van der Waals surface area contributed by atoms with Crippen LogP contribution in [0.4, 0.5) is 4.39 Å². The number of nitrogens with zero attached hydrogens (tertiary/aromatic N) is 1. The highest BCUT2D eigenvalue weighted by Gasteiger charge is 2.42. The van der Waals surface area contributed by atoms with Crippen molar-refractivity contribution in [3.05, 3.63) is 59.4 Å². The van der Waals surface area contributed by atoms with Gasteiger partial charge in [0.15, 0.2) is 11.5 Å². The summed E-state index contributed by atoms with van der Waals surface area (Å²) in [6.45, 7) is 2.70. The van der Waals surface area contributed by atoms with E-state index < -0.39 is 5.82 Å². The summed E-state index contributed by atoms with van der Waals surface area (Å²) in [7, 11) is 0. The van der Waals surface area contributed by atoms with Gasteiger partial charge in [-0.2, -0.15) is 0 Å². The van der Waals surface area contributed by atoms with Crippen LogP contribution in [0.2, 0.25) is 0 Å². The molecule has 2 aliphatic rings. The van der Waals surface area contributed by atoms with E-state index in [-0.39, 0.29) is 30.1 Å².